The SMILES string of the molecule is CCOC(=O)C1CC1C1CC(c2ccc(C(F)(F)F)cc2)CN(Cc2ccc(C(F)(F)F)cc2)C1. The summed E-state index contributed by atoms with van der Waals surface area (Å²) in [6.07, 6.45) is -7.37. The van der Waals surface area contributed by atoms with Crippen molar-refractivity contribution in [3.05, 3.63) is 70.8 Å². The van der Waals surface area contributed by atoms with Crippen LogP contribution in [0, 0.1) is 17.8 Å². The average molecular weight is 499 g/mol. The van der Waals surface area contributed by atoms with Gasteiger partial charge in [-0.15, -0.1) is 0 Å². The van der Waals surface area contributed by atoms with E-state index in [2.05, 4.69) is 4.90 Å². The van der Waals surface area contributed by atoms with Gasteiger partial charge in [0.05, 0.1) is 23.7 Å². The zero-order chi connectivity index (χ0) is 25.4. The van der Waals surface area contributed by atoms with Gasteiger partial charge in [0.2, 0.25) is 0 Å². The number of alkyl halides is 6. The van der Waals surface area contributed by atoms with Crippen LogP contribution >= 0.6 is 0 Å². The molecule has 1 saturated carbocycles. The molecular formula is C26H27F6NO2. The highest BCUT2D eigenvalue weighted by Gasteiger charge is 2.50. The van der Waals surface area contributed by atoms with Crippen molar-refractivity contribution in [2.75, 3.05) is 19.7 Å². The van der Waals surface area contributed by atoms with Gasteiger partial charge in [-0.25, -0.2) is 0 Å². The maximum Gasteiger partial charge on any atom is 0.416 e. The van der Waals surface area contributed by atoms with Crippen molar-refractivity contribution < 1.29 is 35.9 Å². The van der Waals surface area contributed by atoms with E-state index in [1.165, 1.54) is 24.3 Å². The van der Waals surface area contributed by atoms with E-state index in [0.717, 1.165) is 48.2 Å². The summed E-state index contributed by atoms with van der Waals surface area (Å²) in [5.74, 6) is -0.155. The van der Waals surface area contributed by atoms with E-state index in [-0.39, 0.29) is 29.6 Å². The number of halogens is 6. The minimum Gasteiger partial charge on any atom is -0.466 e. The molecule has 0 spiro atoms. The van der Waals surface area contributed by atoms with E-state index in [9.17, 15) is 31.1 Å². The summed E-state index contributed by atoms with van der Waals surface area (Å²) in [4.78, 5) is 14.3. The highest BCUT2D eigenvalue weighted by Crippen LogP contribution is 2.50. The highest BCUT2D eigenvalue weighted by molar-refractivity contribution is 5.75. The van der Waals surface area contributed by atoms with Crippen LogP contribution in [-0.4, -0.2) is 30.6 Å². The third-order valence-corrected chi connectivity index (χ3v) is 6.99. The molecule has 0 radical (unpaired) electrons. The molecule has 1 aliphatic carbocycles. The molecular weight excluding hydrogens is 472 g/mol. The number of hydrogen-bond acceptors (Lipinski definition) is 3. The average Bonchev–Trinajstić information content (AvgIpc) is 3.60. The molecule has 1 aliphatic heterocycles. The molecule has 9 heteroatoms. The second-order valence-electron chi connectivity index (χ2n) is 9.46. The van der Waals surface area contributed by atoms with Crippen LogP contribution in [0.3, 0.4) is 0 Å². The van der Waals surface area contributed by atoms with E-state index >= 15 is 0 Å². The maximum atomic E-state index is 13.0. The Labute approximate surface area is 200 Å². The zero-order valence-corrected chi connectivity index (χ0v) is 19.2. The Hall–Kier alpha value is -2.55. The number of hydrogen-bond donors (Lipinski definition) is 0. The summed E-state index contributed by atoms with van der Waals surface area (Å²) in [5, 5.41) is 0. The van der Waals surface area contributed by atoms with Crippen LogP contribution < -0.4 is 0 Å². The monoisotopic (exact) mass is 499 g/mol. The first-order valence-electron chi connectivity index (χ1n) is 11.7. The van der Waals surface area contributed by atoms with Crippen molar-refractivity contribution in [2.24, 2.45) is 17.8 Å². The predicted molar refractivity (Wildman–Crippen MR) is 117 cm³/mol. The lowest BCUT2D eigenvalue weighted by Crippen LogP contribution is -2.40. The Morgan fingerprint density at radius 1 is 0.886 bits per heavy atom. The van der Waals surface area contributed by atoms with E-state index in [1.54, 1.807) is 6.92 Å². The van der Waals surface area contributed by atoms with Crippen LogP contribution in [0.2, 0.25) is 0 Å². The Kier molecular flexibility index (Phi) is 7.18. The number of carbonyl (C=O) groups is 1. The summed E-state index contributed by atoms with van der Waals surface area (Å²) < 4.78 is 82.9. The number of rotatable bonds is 6. The molecule has 190 valence electrons. The Bertz CT molecular complexity index is 1020. The molecule has 2 aliphatic rings. The molecule has 4 rings (SSSR count). The van der Waals surface area contributed by atoms with E-state index in [4.69, 9.17) is 4.74 Å². The quantitative estimate of drug-likeness (QED) is 0.334. The fourth-order valence-electron chi connectivity index (χ4n) is 5.17. The third kappa shape index (κ3) is 6.18. The summed E-state index contributed by atoms with van der Waals surface area (Å²) in [7, 11) is 0. The van der Waals surface area contributed by atoms with E-state index in [1.807, 2.05) is 0 Å². The molecule has 3 nitrogen and oxygen atoms in total. The molecule has 2 fully saturated rings. The zero-order valence-electron chi connectivity index (χ0n) is 19.2. The summed E-state index contributed by atoms with van der Waals surface area (Å²) in [6, 6.07) is 10.2. The number of benzene rings is 2. The van der Waals surface area contributed by atoms with Gasteiger partial charge in [-0.1, -0.05) is 24.3 Å². The molecule has 0 bridgehead atoms. The molecule has 2 aromatic carbocycles. The first-order chi connectivity index (χ1) is 16.5. The lowest BCUT2D eigenvalue weighted by atomic mass is 9.81. The standard InChI is InChI=1S/C26H27F6NO2/c1-2-35-24(34)23-12-22(23)19-11-18(17-5-9-21(10-6-17)26(30,31)32)14-33(15-19)13-16-3-7-20(8-4-16)25(27,28)29/h3-10,18-19,22-23H,2,11-15H2,1H3. The first-order valence-corrected chi connectivity index (χ1v) is 11.7. The normalized spacial score (nSPS) is 25.3. The van der Waals surface area contributed by atoms with Crippen molar-refractivity contribution in [2.45, 2.75) is 44.6 Å². The van der Waals surface area contributed by atoms with Gasteiger partial charge < -0.3 is 4.74 Å². The minimum absolute atomic E-state index is 0.0473. The fraction of sp³-hybridized carbons (Fsp3) is 0.500. The van der Waals surface area contributed by atoms with Crippen molar-refractivity contribution in [1.82, 2.24) is 4.90 Å². The Morgan fingerprint density at radius 3 is 2.00 bits per heavy atom. The van der Waals surface area contributed by atoms with Crippen molar-refractivity contribution in [3.63, 3.8) is 0 Å². The van der Waals surface area contributed by atoms with Gasteiger partial charge in [0, 0.05) is 19.6 Å². The molecule has 0 aromatic heterocycles. The van der Waals surface area contributed by atoms with Crippen molar-refractivity contribution in [3.8, 4) is 0 Å². The third-order valence-electron chi connectivity index (χ3n) is 6.99. The van der Waals surface area contributed by atoms with Crippen molar-refractivity contribution >= 4 is 5.97 Å². The largest absolute Gasteiger partial charge is 0.466 e. The fourth-order valence-corrected chi connectivity index (χ4v) is 5.17. The summed E-state index contributed by atoms with van der Waals surface area (Å²) in [5.41, 5.74) is 0.0893. The van der Waals surface area contributed by atoms with E-state index < -0.39 is 23.5 Å². The molecule has 1 saturated heterocycles. The minimum atomic E-state index is -4.41. The van der Waals surface area contributed by atoms with Gasteiger partial charge in [-0.05, 0) is 72.9 Å². The van der Waals surface area contributed by atoms with Crippen LogP contribution in [0.5, 0.6) is 0 Å². The number of ether oxygens (including phenoxy) is 1. The predicted octanol–water partition coefficient (Wildman–Crippen LogP) is 6.53. The topological polar surface area (TPSA) is 29.5 Å². The molecule has 35 heavy (non-hydrogen) atoms. The van der Waals surface area contributed by atoms with Crippen LogP contribution in [0.4, 0.5) is 26.3 Å². The molecule has 4 atom stereocenters. The number of esters is 1. The number of nitrogens with zero attached hydrogens (tertiary/aromatic N) is 1. The second kappa shape index (κ2) is 9.84. The van der Waals surface area contributed by atoms with Crippen LogP contribution in [0.25, 0.3) is 0 Å². The summed E-state index contributed by atoms with van der Waals surface area (Å²) >= 11 is 0. The van der Waals surface area contributed by atoms with Crippen LogP contribution in [0.15, 0.2) is 48.5 Å². The van der Waals surface area contributed by atoms with Crippen LogP contribution in [0.1, 0.15) is 47.9 Å². The van der Waals surface area contributed by atoms with Crippen molar-refractivity contribution in [1.29, 1.82) is 0 Å². The van der Waals surface area contributed by atoms with Gasteiger partial charge in [0.25, 0.3) is 0 Å². The maximum absolute atomic E-state index is 13.0. The molecule has 0 amide bonds. The molecule has 0 N–H and O–H groups in total. The Morgan fingerprint density at radius 2 is 1.46 bits per heavy atom. The van der Waals surface area contributed by atoms with E-state index in [0.29, 0.717) is 26.2 Å². The highest BCUT2D eigenvalue weighted by atomic mass is 19.4. The smallest absolute Gasteiger partial charge is 0.416 e. The number of piperidine rings is 1. The number of carbonyl (C=O) groups excluding carboxylic acids is 1. The lowest BCUT2D eigenvalue weighted by Gasteiger charge is -2.38. The molecule has 4 unspecified atom stereocenters. The van der Waals surface area contributed by atoms with Gasteiger partial charge in [0.1, 0.15) is 0 Å². The summed E-state index contributed by atoms with van der Waals surface area (Å²) in [6.45, 7) is 3.71. The second-order valence-corrected chi connectivity index (χ2v) is 9.46. The first kappa shape index (κ1) is 25.5. The lowest BCUT2D eigenvalue weighted by molar-refractivity contribution is -0.145. The van der Waals surface area contributed by atoms with Gasteiger partial charge >= 0.3 is 18.3 Å². The number of likely N-dealkylation sites (tertiary alicyclic amines) is 1. The molecule has 2 aromatic rings. The van der Waals surface area contributed by atoms with Gasteiger partial charge in [0.15, 0.2) is 0 Å². The molecule has 1 heterocycles. The van der Waals surface area contributed by atoms with Gasteiger partial charge in [-0.2, -0.15) is 26.3 Å². The van der Waals surface area contributed by atoms with Gasteiger partial charge in [-0.3, -0.25) is 9.69 Å². The Balaban J connectivity index is 1.51. The van der Waals surface area contributed by atoms with Crippen LogP contribution in [-0.2, 0) is 28.4 Å².